The topological polar surface area (TPSA) is 46.9 Å². The van der Waals surface area contributed by atoms with Crippen molar-refractivity contribution >= 4 is 27.9 Å². The molecule has 3 rings (SSSR count). The average Bonchev–Trinajstić information content (AvgIpc) is 3.10. The summed E-state index contributed by atoms with van der Waals surface area (Å²) in [4.78, 5) is 12.1. The summed E-state index contributed by atoms with van der Waals surface area (Å²) in [5.74, 6) is -0.136. The highest BCUT2D eigenvalue weighted by Gasteiger charge is 2.07. The number of halogens is 1. The second kappa shape index (κ2) is 7.94. The molecule has 0 aliphatic heterocycles. The van der Waals surface area contributed by atoms with Crippen LogP contribution in [0.1, 0.15) is 24.1 Å². The molecule has 0 aliphatic rings. The van der Waals surface area contributed by atoms with E-state index < -0.39 is 0 Å². The van der Waals surface area contributed by atoms with Crippen LogP contribution < -0.4 is 5.32 Å². The Labute approximate surface area is 155 Å². The molecular formula is C20H18BrN3O. The normalized spacial score (nSPS) is 12.2. The van der Waals surface area contributed by atoms with Crippen molar-refractivity contribution in [3.63, 3.8) is 0 Å². The summed E-state index contributed by atoms with van der Waals surface area (Å²) in [5, 5.41) is 7.27. The van der Waals surface area contributed by atoms with Gasteiger partial charge in [0.15, 0.2) is 0 Å². The molecule has 1 aromatic heterocycles. The third kappa shape index (κ3) is 4.67. The zero-order valence-electron chi connectivity index (χ0n) is 13.8. The van der Waals surface area contributed by atoms with Crippen LogP contribution in [0.5, 0.6) is 0 Å². The first-order chi connectivity index (χ1) is 12.1. The summed E-state index contributed by atoms with van der Waals surface area (Å²) in [5.41, 5.74) is 2.91. The zero-order valence-corrected chi connectivity index (χ0v) is 15.3. The maximum absolute atomic E-state index is 12.1. The van der Waals surface area contributed by atoms with Gasteiger partial charge in [0.1, 0.15) is 0 Å². The lowest BCUT2D eigenvalue weighted by molar-refractivity contribution is -0.117. The Hall–Kier alpha value is -2.66. The van der Waals surface area contributed by atoms with Gasteiger partial charge in [-0.25, -0.2) is 4.68 Å². The summed E-state index contributed by atoms with van der Waals surface area (Å²) in [6, 6.07) is 17.7. The van der Waals surface area contributed by atoms with Crippen LogP contribution in [0.15, 0.2) is 77.5 Å². The third-order valence-electron chi connectivity index (χ3n) is 3.78. The van der Waals surface area contributed by atoms with E-state index in [1.807, 2.05) is 67.7 Å². The Balaban J connectivity index is 1.61. The number of para-hydroxylation sites is 1. The Morgan fingerprint density at radius 1 is 1.16 bits per heavy atom. The van der Waals surface area contributed by atoms with E-state index >= 15 is 0 Å². The molecule has 25 heavy (non-hydrogen) atoms. The first-order valence-electron chi connectivity index (χ1n) is 7.96. The molecule has 3 aromatic rings. The first-order valence-corrected chi connectivity index (χ1v) is 8.75. The van der Waals surface area contributed by atoms with Crippen LogP contribution in [-0.4, -0.2) is 15.7 Å². The van der Waals surface area contributed by atoms with Crippen LogP contribution >= 0.6 is 15.9 Å². The molecule has 5 heteroatoms. The molecule has 1 N–H and O–H groups in total. The minimum absolute atomic E-state index is 0.0581. The van der Waals surface area contributed by atoms with Gasteiger partial charge >= 0.3 is 0 Å². The highest BCUT2D eigenvalue weighted by molar-refractivity contribution is 9.10. The van der Waals surface area contributed by atoms with Crippen molar-refractivity contribution in [2.24, 2.45) is 0 Å². The van der Waals surface area contributed by atoms with Crippen molar-refractivity contribution in [2.75, 3.05) is 0 Å². The number of nitrogens with zero attached hydrogens (tertiary/aromatic N) is 2. The van der Waals surface area contributed by atoms with Crippen molar-refractivity contribution in [1.82, 2.24) is 15.1 Å². The second-order valence-corrected chi connectivity index (χ2v) is 6.58. The summed E-state index contributed by atoms with van der Waals surface area (Å²) in [6.07, 6.45) is 6.91. The first kappa shape index (κ1) is 17.2. The number of rotatable bonds is 5. The smallest absolute Gasteiger partial charge is 0.244 e. The molecule has 2 aromatic carbocycles. The van der Waals surface area contributed by atoms with Gasteiger partial charge in [-0.05, 0) is 42.8 Å². The van der Waals surface area contributed by atoms with Gasteiger partial charge in [-0.3, -0.25) is 4.79 Å². The van der Waals surface area contributed by atoms with E-state index in [-0.39, 0.29) is 11.9 Å². The minimum Gasteiger partial charge on any atom is -0.346 e. The fourth-order valence-electron chi connectivity index (χ4n) is 2.41. The molecule has 0 aliphatic carbocycles. The molecule has 1 atom stereocenters. The Kier molecular flexibility index (Phi) is 5.46. The van der Waals surface area contributed by atoms with E-state index in [0.717, 1.165) is 21.3 Å². The number of hydrogen-bond acceptors (Lipinski definition) is 2. The van der Waals surface area contributed by atoms with Gasteiger partial charge < -0.3 is 5.32 Å². The van der Waals surface area contributed by atoms with Gasteiger partial charge in [0.25, 0.3) is 0 Å². The predicted octanol–water partition coefficient (Wildman–Crippen LogP) is 4.53. The van der Waals surface area contributed by atoms with E-state index in [9.17, 15) is 4.79 Å². The number of hydrogen-bond donors (Lipinski definition) is 1. The van der Waals surface area contributed by atoms with E-state index in [1.54, 1.807) is 17.0 Å². The molecule has 1 heterocycles. The van der Waals surface area contributed by atoms with Gasteiger partial charge in [0, 0.05) is 22.3 Å². The van der Waals surface area contributed by atoms with E-state index in [2.05, 4.69) is 26.3 Å². The predicted molar refractivity (Wildman–Crippen MR) is 103 cm³/mol. The average molecular weight is 396 g/mol. The zero-order chi connectivity index (χ0) is 17.6. The fourth-order valence-corrected chi connectivity index (χ4v) is 2.68. The molecule has 0 fully saturated rings. The van der Waals surface area contributed by atoms with Crippen LogP contribution in [0.2, 0.25) is 0 Å². The highest BCUT2D eigenvalue weighted by Crippen LogP contribution is 2.16. The molecule has 0 unspecified atom stereocenters. The number of aromatic nitrogens is 2. The van der Waals surface area contributed by atoms with Crippen molar-refractivity contribution in [1.29, 1.82) is 0 Å². The maximum Gasteiger partial charge on any atom is 0.244 e. The Morgan fingerprint density at radius 2 is 1.88 bits per heavy atom. The van der Waals surface area contributed by atoms with Crippen LogP contribution in [-0.2, 0) is 4.79 Å². The van der Waals surface area contributed by atoms with E-state index in [4.69, 9.17) is 0 Å². The quantitative estimate of drug-likeness (QED) is 0.645. The summed E-state index contributed by atoms with van der Waals surface area (Å²) in [7, 11) is 0. The Bertz CT molecular complexity index is 869. The van der Waals surface area contributed by atoms with Crippen molar-refractivity contribution in [2.45, 2.75) is 13.0 Å². The lowest BCUT2D eigenvalue weighted by atomic mass is 10.1. The SMILES string of the molecule is C[C@H](NC(=O)/C=C/c1cnn(-c2ccccc2)c1)c1ccc(Br)cc1. The largest absolute Gasteiger partial charge is 0.346 e. The molecule has 0 saturated carbocycles. The molecule has 0 radical (unpaired) electrons. The molecule has 1 amide bonds. The lowest BCUT2D eigenvalue weighted by Gasteiger charge is -2.12. The summed E-state index contributed by atoms with van der Waals surface area (Å²) >= 11 is 3.41. The van der Waals surface area contributed by atoms with E-state index in [0.29, 0.717) is 0 Å². The number of carbonyl (C=O) groups is 1. The molecule has 0 saturated heterocycles. The van der Waals surface area contributed by atoms with Crippen molar-refractivity contribution in [3.8, 4) is 5.69 Å². The Morgan fingerprint density at radius 3 is 2.60 bits per heavy atom. The van der Waals surface area contributed by atoms with Gasteiger partial charge in [-0.2, -0.15) is 5.10 Å². The van der Waals surface area contributed by atoms with Gasteiger partial charge in [0.2, 0.25) is 5.91 Å². The van der Waals surface area contributed by atoms with E-state index in [1.165, 1.54) is 6.08 Å². The third-order valence-corrected chi connectivity index (χ3v) is 4.31. The number of carbonyl (C=O) groups excluding carboxylic acids is 1. The highest BCUT2D eigenvalue weighted by atomic mass is 79.9. The summed E-state index contributed by atoms with van der Waals surface area (Å²) in [6.45, 7) is 1.96. The number of amides is 1. The minimum atomic E-state index is -0.136. The standard InChI is InChI=1S/C20H18BrN3O/c1-15(17-8-10-18(21)11-9-17)23-20(25)12-7-16-13-22-24(14-16)19-5-3-2-4-6-19/h2-15H,1H3,(H,23,25)/b12-7+/t15-/m0/s1. The lowest BCUT2D eigenvalue weighted by Crippen LogP contribution is -2.24. The fraction of sp³-hybridized carbons (Fsp3) is 0.100. The molecule has 4 nitrogen and oxygen atoms in total. The molecular weight excluding hydrogens is 378 g/mol. The second-order valence-electron chi connectivity index (χ2n) is 5.67. The van der Waals surface area contributed by atoms with Gasteiger partial charge in [0.05, 0.1) is 17.9 Å². The van der Waals surface area contributed by atoms with Crippen LogP contribution in [0.3, 0.4) is 0 Å². The number of benzene rings is 2. The maximum atomic E-state index is 12.1. The monoisotopic (exact) mass is 395 g/mol. The summed E-state index contributed by atoms with van der Waals surface area (Å²) < 4.78 is 2.80. The number of nitrogens with one attached hydrogen (secondary N) is 1. The van der Waals surface area contributed by atoms with Crippen LogP contribution in [0.4, 0.5) is 0 Å². The van der Waals surface area contributed by atoms with Crippen molar-refractivity contribution in [3.05, 3.63) is 88.7 Å². The molecule has 0 spiro atoms. The van der Waals surface area contributed by atoms with Gasteiger partial charge in [-0.15, -0.1) is 0 Å². The molecule has 0 bridgehead atoms. The van der Waals surface area contributed by atoms with Gasteiger partial charge in [-0.1, -0.05) is 46.3 Å². The molecule has 126 valence electrons. The van der Waals surface area contributed by atoms with Crippen molar-refractivity contribution < 1.29 is 4.79 Å². The van der Waals surface area contributed by atoms with Crippen LogP contribution in [0, 0.1) is 0 Å². The van der Waals surface area contributed by atoms with Crippen LogP contribution in [0.25, 0.3) is 11.8 Å².